The highest BCUT2D eigenvalue weighted by Gasteiger charge is 2.29. The number of carbonyl (C=O) groups is 1. The van der Waals surface area contributed by atoms with Gasteiger partial charge in [-0.1, -0.05) is 44.2 Å². The van der Waals surface area contributed by atoms with Crippen LogP contribution in [0.5, 0.6) is 0 Å². The third kappa shape index (κ3) is 4.62. The van der Waals surface area contributed by atoms with Gasteiger partial charge in [0.1, 0.15) is 0 Å². The minimum atomic E-state index is -0.629. The van der Waals surface area contributed by atoms with Crippen molar-refractivity contribution in [3.05, 3.63) is 35.9 Å². The molecule has 0 aliphatic heterocycles. The Labute approximate surface area is 121 Å². The number of amides is 1. The summed E-state index contributed by atoms with van der Waals surface area (Å²) in [5.41, 5.74) is 0.335. The van der Waals surface area contributed by atoms with Crippen LogP contribution in [0.1, 0.15) is 33.3 Å². The molecular formula is C16H26N2O2. The molecule has 0 saturated carbocycles. The highest BCUT2D eigenvalue weighted by atomic mass is 16.3. The molecule has 20 heavy (non-hydrogen) atoms. The summed E-state index contributed by atoms with van der Waals surface area (Å²) in [7, 11) is 0. The second-order valence-electron chi connectivity index (χ2n) is 5.86. The zero-order valence-corrected chi connectivity index (χ0v) is 12.8. The highest BCUT2D eigenvalue weighted by molar-refractivity contribution is 5.81. The first-order chi connectivity index (χ1) is 9.39. The molecule has 0 aromatic heterocycles. The first-order valence-corrected chi connectivity index (χ1v) is 7.11. The SMILES string of the molecule is CC(C)CNC(=O)C(C)NC(C)(CO)c1ccccc1. The van der Waals surface area contributed by atoms with Crippen LogP contribution in [0.3, 0.4) is 0 Å². The van der Waals surface area contributed by atoms with Crippen molar-refractivity contribution < 1.29 is 9.90 Å². The zero-order valence-electron chi connectivity index (χ0n) is 12.8. The maximum atomic E-state index is 12.0. The summed E-state index contributed by atoms with van der Waals surface area (Å²) in [6.07, 6.45) is 0. The van der Waals surface area contributed by atoms with Gasteiger partial charge in [0.25, 0.3) is 0 Å². The quantitative estimate of drug-likeness (QED) is 0.710. The molecule has 3 N–H and O–H groups in total. The lowest BCUT2D eigenvalue weighted by Crippen LogP contribution is -2.53. The van der Waals surface area contributed by atoms with Crippen molar-refractivity contribution in [3.63, 3.8) is 0 Å². The number of nitrogens with one attached hydrogen (secondary N) is 2. The van der Waals surface area contributed by atoms with E-state index in [-0.39, 0.29) is 18.6 Å². The van der Waals surface area contributed by atoms with Crippen LogP contribution in [-0.2, 0) is 10.3 Å². The van der Waals surface area contributed by atoms with Gasteiger partial charge in [-0.3, -0.25) is 10.1 Å². The van der Waals surface area contributed by atoms with Crippen LogP contribution in [0.25, 0.3) is 0 Å². The first-order valence-electron chi connectivity index (χ1n) is 7.11. The minimum absolute atomic E-state index is 0.0469. The Balaban J connectivity index is 2.70. The average Bonchev–Trinajstić information content (AvgIpc) is 2.45. The molecule has 0 saturated heterocycles. The predicted octanol–water partition coefficient (Wildman–Crippen LogP) is 1.64. The molecule has 1 aromatic rings. The lowest BCUT2D eigenvalue weighted by molar-refractivity contribution is -0.123. The Morgan fingerprint density at radius 1 is 1.25 bits per heavy atom. The molecule has 0 bridgehead atoms. The van der Waals surface area contributed by atoms with E-state index in [9.17, 15) is 9.90 Å². The fourth-order valence-corrected chi connectivity index (χ4v) is 2.03. The van der Waals surface area contributed by atoms with Gasteiger partial charge in [0.05, 0.1) is 18.2 Å². The molecule has 2 atom stereocenters. The third-order valence-corrected chi connectivity index (χ3v) is 3.34. The molecule has 0 radical (unpaired) electrons. The molecule has 0 heterocycles. The Morgan fingerprint density at radius 2 is 1.85 bits per heavy atom. The number of hydrogen-bond donors (Lipinski definition) is 3. The Hall–Kier alpha value is -1.39. The lowest BCUT2D eigenvalue weighted by atomic mass is 9.92. The number of carbonyl (C=O) groups excluding carboxylic acids is 1. The first kappa shape index (κ1) is 16.7. The maximum absolute atomic E-state index is 12.0. The smallest absolute Gasteiger partial charge is 0.236 e. The van der Waals surface area contributed by atoms with Gasteiger partial charge in [-0.15, -0.1) is 0 Å². The summed E-state index contributed by atoms with van der Waals surface area (Å²) in [6, 6.07) is 9.30. The topological polar surface area (TPSA) is 61.4 Å². The predicted molar refractivity (Wildman–Crippen MR) is 81.3 cm³/mol. The maximum Gasteiger partial charge on any atom is 0.236 e. The average molecular weight is 278 g/mol. The van der Waals surface area contributed by atoms with E-state index in [1.54, 1.807) is 0 Å². The van der Waals surface area contributed by atoms with Crippen molar-refractivity contribution in [2.45, 2.75) is 39.3 Å². The molecule has 1 amide bonds. The molecule has 112 valence electrons. The number of aliphatic hydroxyl groups is 1. The van der Waals surface area contributed by atoms with Gasteiger partial charge < -0.3 is 10.4 Å². The second kappa shape index (κ2) is 7.41. The van der Waals surface area contributed by atoms with Crippen molar-refractivity contribution >= 4 is 5.91 Å². The Kier molecular flexibility index (Phi) is 6.17. The van der Waals surface area contributed by atoms with Crippen molar-refractivity contribution in [2.75, 3.05) is 13.2 Å². The number of hydrogen-bond acceptors (Lipinski definition) is 3. The van der Waals surface area contributed by atoms with E-state index >= 15 is 0 Å². The third-order valence-electron chi connectivity index (χ3n) is 3.34. The highest BCUT2D eigenvalue weighted by Crippen LogP contribution is 2.20. The molecule has 4 nitrogen and oxygen atoms in total. The summed E-state index contributed by atoms with van der Waals surface area (Å²) in [5.74, 6) is 0.374. The van der Waals surface area contributed by atoms with E-state index in [0.717, 1.165) is 5.56 Å². The molecule has 1 aromatic carbocycles. The van der Waals surface area contributed by atoms with Gasteiger partial charge in [0, 0.05) is 6.54 Å². The molecule has 4 heteroatoms. The van der Waals surface area contributed by atoms with Gasteiger partial charge in [0.2, 0.25) is 5.91 Å². The standard InChI is InChI=1S/C16H26N2O2/c1-12(2)10-17-15(20)13(3)18-16(4,11-19)14-8-6-5-7-9-14/h5-9,12-13,18-19H,10-11H2,1-4H3,(H,17,20). The monoisotopic (exact) mass is 278 g/mol. The van der Waals surface area contributed by atoms with Gasteiger partial charge in [-0.2, -0.15) is 0 Å². The van der Waals surface area contributed by atoms with Crippen molar-refractivity contribution in [1.82, 2.24) is 10.6 Å². The molecule has 2 unspecified atom stereocenters. The lowest BCUT2D eigenvalue weighted by Gasteiger charge is -2.32. The second-order valence-corrected chi connectivity index (χ2v) is 5.86. The van der Waals surface area contributed by atoms with Crippen molar-refractivity contribution in [2.24, 2.45) is 5.92 Å². The molecular weight excluding hydrogens is 252 g/mol. The minimum Gasteiger partial charge on any atom is -0.394 e. The molecule has 0 aliphatic carbocycles. The van der Waals surface area contributed by atoms with Gasteiger partial charge in [0.15, 0.2) is 0 Å². The Bertz CT molecular complexity index is 420. The van der Waals surface area contributed by atoms with Crippen molar-refractivity contribution in [3.8, 4) is 0 Å². The van der Waals surface area contributed by atoms with Crippen LogP contribution < -0.4 is 10.6 Å². The molecule has 0 spiro atoms. The van der Waals surface area contributed by atoms with Crippen LogP contribution >= 0.6 is 0 Å². The summed E-state index contributed by atoms with van der Waals surface area (Å²) in [4.78, 5) is 12.0. The summed E-state index contributed by atoms with van der Waals surface area (Å²) in [6.45, 7) is 8.41. The van der Waals surface area contributed by atoms with Gasteiger partial charge in [-0.25, -0.2) is 0 Å². The summed E-state index contributed by atoms with van der Waals surface area (Å²) < 4.78 is 0. The zero-order chi connectivity index (χ0) is 15.2. The van der Waals surface area contributed by atoms with Crippen LogP contribution in [0, 0.1) is 5.92 Å². The summed E-state index contributed by atoms with van der Waals surface area (Å²) >= 11 is 0. The fraction of sp³-hybridized carbons (Fsp3) is 0.562. The van der Waals surface area contributed by atoms with Crippen LogP contribution in [0.15, 0.2) is 30.3 Å². The summed E-state index contributed by atoms with van der Waals surface area (Å²) in [5, 5.41) is 15.8. The van der Waals surface area contributed by atoms with E-state index < -0.39 is 5.54 Å². The number of aliphatic hydroxyl groups excluding tert-OH is 1. The van der Waals surface area contributed by atoms with E-state index in [2.05, 4.69) is 24.5 Å². The molecule has 0 fully saturated rings. The Morgan fingerprint density at radius 3 is 2.35 bits per heavy atom. The van der Waals surface area contributed by atoms with Gasteiger partial charge >= 0.3 is 0 Å². The van der Waals surface area contributed by atoms with Crippen LogP contribution in [-0.4, -0.2) is 30.2 Å². The molecule has 1 rings (SSSR count). The molecule has 0 aliphatic rings. The fourth-order valence-electron chi connectivity index (χ4n) is 2.03. The number of rotatable bonds is 7. The largest absolute Gasteiger partial charge is 0.394 e. The van der Waals surface area contributed by atoms with E-state index in [0.29, 0.717) is 12.5 Å². The van der Waals surface area contributed by atoms with E-state index in [1.165, 1.54) is 0 Å². The van der Waals surface area contributed by atoms with E-state index in [4.69, 9.17) is 0 Å². The van der Waals surface area contributed by atoms with Crippen molar-refractivity contribution in [1.29, 1.82) is 0 Å². The van der Waals surface area contributed by atoms with Crippen LogP contribution in [0.2, 0.25) is 0 Å². The van der Waals surface area contributed by atoms with E-state index in [1.807, 2.05) is 44.2 Å². The normalized spacial score (nSPS) is 15.7. The van der Waals surface area contributed by atoms with Gasteiger partial charge in [-0.05, 0) is 25.3 Å². The number of benzene rings is 1. The van der Waals surface area contributed by atoms with Crippen LogP contribution in [0.4, 0.5) is 0 Å².